The normalized spacial score (nSPS) is 19.8. The molecule has 128 valence electrons. The van der Waals surface area contributed by atoms with Gasteiger partial charge in [0, 0.05) is 17.5 Å². The summed E-state index contributed by atoms with van der Waals surface area (Å²) >= 11 is 0. The molecule has 2 N–H and O–H groups in total. The van der Waals surface area contributed by atoms with Crippen LogP contribution in [0.1, 0.15) is 48.5 Å². The maximum absolute atomic E-state index is 12.1. The van der Waals surface area contributed by atoms with Gasteiger partial charge in [0.05, 0.1) is 5.92 Å². The molecule has 1 aliphatic rings. The molecule has 0 radical (unpaired) electrons. The van der Waals surface area contributed by atoms with Crippen LogP contribution in [0.2, 0.25) is 0 Å². The first-order valence-electron chi connectivity index (χ1n) is 7.96. The van der Waals surface area contributed by atoms with Gasteiger partial charge in [-0.25, -0.2) is 0 Å². The molecular weight excluding hydrogens is 308 g/mol. The Morgan fingerprint density at radius 2 is 1.58 bits per heavy atom. The van der Waals surface area contributed by atoms with Crippen LogP contribution >= 0.6 is 0 Å². The Labute approximate surface area is 140 Å². The molecule has 1 aliphatic carbocycles. The molecule has 6 nitrogen and oxygen atoms in total. The monoisotopic (exact) mass is 329 g/mol. The summed E-state index contributed by atoms with van der Waals surface area (Å²) in [6.45, 7) is 4.11. The second kappa shape index (κ2) is 7.77. The van der Waals surface area contributed by atoms with E-state index in [0.717, 1.165) is 5.56 Å². The first-order valence-corrected chi connectivity index (χ1v) is 7.96. The fraction of sp³-hybridized carbons (Fsp3) is 0.389. The van der Waals surface area contributed by atoms with Crippen molar-refractivity contribution in [2.45, 2.75) is 32.6 Å². The van der Waals surface area contributed by atoms with Crippen molar-refractivity contribution in [1.82, 2.24) is 10.9 Å². The van der Waals surface area contributed by atoms with Gasteiger partial charge in [-0.3, -0.25) is 20.4 Å². The van der Waals surface area contributed by atoms with Crippen molar-refractivity contribution < 1.29 is 19.5 Å². The number of benzene rings is 1. The average Bonchev–Trinajstić information content (AvgIpc) is 2.59. The van der Waals surface area contributed by atoms with E-state index >= 15 is 0 Å². The van der Waals surface area contributed by atoms with Gasteiger partial charge < -0.3 is 9.90 Å². The minimum Gasteiger partial charge on any atom is -0.550 e. The molecule has 1 aromatic carbocycles. The first-order chi connectivity index (χ1) is 11.4. The van der Waals surface area contributed by atoms with Gasteiger partial charge in [0.15, 0.2) is 0 Å². The molecule has 0 spiro atoms. The number of hydrogen-bond donors (Lipinski definition) is 2. The summed E-state index contributed by atoms with van der Waals surface area (Å²) in [5.74, 6) is -3.49. The lowest BCUT2D eigenvalue weighted by atomic mass is 9.82. The van der Waals surface area contributed by atoms with E-state index in [9.17, 15) is 19.5 Å². The zero-order valence-corrected chi connectivity index (χ0v) is 13.7. The molecule has 2 atom stereocenters. The standard InChI is InChI=1S/C18H22N2O4/c1-11(2)12-7-9-13(10-8-12)16(21)19-20-17(22)14-5-3-4-6-15(14)18(23)24/h3-4,7-11,14-15H,5-6H2,1-2H3,(H,19,21)(H,20,22)(H,23,24)/p-1/t14-,15-/m1/s1. The van der Waals surface area contributed by atoms with Crippen LogP contribution in [0.3, 0.4) is 0 Å². The molecule has 2 rings (SSSR count). The smallest absolute Gasteiger partial charge is 0.269 e. The molecule has 0 unspecified atom stereocenters. The SMILES string of the molecule is CC(C)c1ccc(C(=O)NNC(=O)[C@@H]2CC=CC[C@H]2C(=O)[O-])cc1. The Morgan fingerprint density at radius 1 is 1.00 bits per heavy atom. The topological polar surface area (TPSA) is 98.3 Å². The van der Waals surface area contributed by atoms with E-state index in [1.165, 1.54) is 0 Å². The van der Waals surface area contributed by atoms with Gasteiger partial charge in [0.2, 0.25) is 5.91 Å². The number of amides is 2. The summed E-state index contributed by atoms with van der Waals surface area (Å²) in [7, 11) is 0. The summed E-state index contributed by atoms with van der Waals surface area (Å²) < 4.78 is 0. The van der Waals surface area contributed by atoms with E-state index in [1.54, 1.807) is 24.3 Å². The molecule has 1 aromatic rings. The van der Waals surface area contributed by atoms with Gasteiger partial charge in [-0.1, -0.05) is 38.1 Å². The number of aliphatic carboxylic acids is 1. The fourth-order valence-electron chi connectivity index (χ4n) is 2.67. The minimum atomic E-state index is -1.25. The minimum absolute atomic E-state index is 0.255. The quantitative estimate of drug-likeness (QED) is 0.633. The Kier molecular flexibility index (Phi) is 5.73. The summed E-state index contributed by atoms with van der Waals surface area (Å²) in [5, 5.41) is 11.1. The predicted molar refractivity (Wildman–Crippen MR) is 86.5 cm³/mol. The van der Waals surface area contributed by atoms with Gasteiger partial charge in [-0.15, -0.1) is 0 Å². The maximum atomic E-state index is 12.1. The average molecular weight is 329 g/mol. The van der Waals surface area contributed by atoms with Crippen molar-refractivity contribution in [3.8, 4) is 0 Å². The third kappa shape index (κ3) is 4.22. The Morgan fingerprint density at radius 3 is 2.12 bits per heavy atom. The van der Waals surface area contributed by atoms with Crippen LogP contribution in [0.15, 0.2) is 36.4 Å². The summed E-state index contributed by atoms with van der Waals surface area (Å²) in [5.41, 5.74) is 6.17. The van der Waals surface area contributed by atoms with Crippen molar-refractivity contribution in [2.75, 3.05) is 0 Å². The third-order valence-electron chi connectivity index (χ3n) is 4.21. The number of rotatable bonds is 4. The lowest BCUT2D eigenvalue weighted by Crippen LogP contribution is -2.49. The van der Waals surface area contributed by atoms with Crippen molar-refractivity contribution in [3.63, 3.8) is 0 Å². The van der Waals surface area contributed by atoms with Crippen LogP contribution in [0.25, 0.3) is 0 Å². The molecule has 0 saturated carbocycles. The largest absolute Gasteiger partial charge is 0.550 e. The van der Waals surface area contributed by atoms with Crippen molar-refractivity contribution in [3.05, 3.63) is 47.5 Å². The molecular formula is C18H21N2O4-. The highest BCUT2D eigenvalue weighted by atomic mass is 16.4. The van der Waals surface area contributed by atoms with E-state index in [2.05, 4.69) is 24.7 Å². The van der Waals surface area contributed by atoms with Crippen molar-refractivity contribution in [1.29, 1.82) is 0 Å². The van der Waals surface area contributed by atoms with Crippen LogP contribution < -0.4 is 16.0 Å². The Balaban J connectivity index is 1.94. The number of hydrazine groups is 1. The van der Waals surface area contributed by atoms with Crippen molar-refractivity contribution in [2.24, 2.45) is 11.8 Å². The van der Waals surface area contributed by atoms with Gasteiger partial charge in [-0.2, -0.15) is 0 Å². The number of carboxylic acids is 1. The third-order valence-corrected chi connectivity index (χ3v) is 4.21. The van der Waals surface area contributed by atoms with Crippen LogP contribution in [0.5, 0.6) is 0 Å². The van der Waals surface area contributed by atoms with Gasteiger partial charge >= 0.3 is 0 Å². The Bertz CT molecular complexity index is 649. The highest BCUT2D eigenvalue weighted by molar-refractivity contribution is 5.96. The number of carbonyl (C=O) groups is 3. The number of hydrogen-bond acceptors (Lipinski definition) is 4. The molecule has 24 heavy (non-hydrogen) atoms. The summed E-state index contributed by atoms with van der Waals surface area (Å²) in [6.07, 6.45) is 4.05. The summed E-state index contributed by atoms with van der Waals surface area (Å²) in [6, 6.07) is 7.09. The van der Waals surface area contributed by atoms with E-state index < -0.39 is 29.6 Å². The van der Waals surface area contributed by atoms with Crippen LogP contribution in [-0.2, 0) is 9.59 Å². The molecule has 6 heteroatoms. The highest BCUT2D eigenvalue weighted by Crippen LogP contribution is 2.25. The second-order valence-corrected chi connectivity index (χ2v) is 6.19. The van der Waals surface area contributed by atoms with E-state index in [-0.39, 0.29) is 6.42 Å². The first kappa shape index (κ1) is 17.7. The van der Waals surface area contributed by atoms with Gasteiger partial charge in [0.1, 0.15) is 0 Å². The van der Waals surface area contributed by atoms with Crippen LogP contribution in [0.4, 0.5) is 0 Å². The molecule has 0 aromatic heterocycles. The highest BCUT2D eigenvalue weighted by Gasteiger charge is 2.30. The molecule has 0 saturated heterocycles. The second-order valence-electron chi connectivity index (χ2n) is 6.19. The lowest BCUT2D eigenvalue weighted by Gasteiger charge is -2.28. The Hall–Kier alpha value is -2.63. The zero-order valence-electron chi connectivity index (χ0n) is 13.7. The van der Waals surface area contributed by atoms with Crippen molar-refractivity contribution >= 4 is 17.8 Å². The molecule has 0 fully saturated rings. The van der Waals surface area contributed by atoms with E-state index in [0.29, 0.717) is 17.9 Å². The number of allylic oxidation sites excluding steroid dienone is 2. The number of carboxylic acid groups (broad SMARTS) is 1. The summed E-state index contributed by atoms with van der Waals surface area (Å²) in [4.78, 5) is 35.3. The van der Waals surface area contributed by atoms with Gasteiger partial charge in [0.25, 0.3) is 5.91 Å². The molecule has 2 amide bonds. The zero-order chi connectivity index (χ0) is 17.7. The maximum Gasteiger partial charge on any atom is 0.269 e. The molecule has 0 aliphatic heterocycles. The van der Waals surface area contributed by atoms with Gasteiger partial charge in [-0.05, 0) is 36.5 Å². The molecule has 0 heterocycles. The van der Waals surface area contributed by atoms with Crippen LogP contribution in [0, 0.1) is 11.8 Å². The number of nitrogens with one attached hydrogen (secondary N) is 2. The lowest BCUT2D eigenvalue weighted by molar-refractivity contribution is -0.313. The number of carbonyl (C=O) groups excluding carboxylic acids is 3. The fourth-order valence-corrected chi connectivity index (χ4v) is 2.67. The predicted octanol–water partition coefficient (Wildman–Crippen LogP) is 0.903. The van der Waals surface area contributed by atoms with E-state index in [4.69, 9.17) is 0 Å². The van der Waals surface area contributed by atoms with Crippen LogP contribution in [-0.4, -0.2) is 17.8 Å². The van der Waals surface area contributed by atoms with E-state index in [1.807, 2.05) is 12.1 Å². The molecule has 0 bridgehead atoms.